The molecule has 0 fully saturated rings. The highest BCUT2D eigenvalue weighted by Crippen LogP contribution is 2.34. The minimum Gasteiger partial charge on any atom is -0.507 e. The van der Waals surface area contributed by atoms with Crippen LogP contribution in [0.3, 0.4) is 0 Å². The molecule has 0 heterocycles. The first kappa shape index (κ1) is 19.2. The van der Waals surface area contributed by atoms with E-state index in [1.807, 2.05) is 32.9 Å². The zero-order valence-electron chi connectivity index (χ0n) is 15.3. The van der Waals surface area contributed by atoms with Crippen molar-refractivity contribution < 1.29 is 14.6 Å². The SMILES string of the molecule is COc1cc(O)c(C(=N)N(C(=N)C=O)c2ccc(C)cc2)cc1C(C)C. The molecule has 6 nitrogen and oxygen atoms in total. The Morgan fingerprint density at radius 3 is 2.31 bits per heavy atom. The van der Waals surface area contributed by atoms with E-state index in [1.165, 1.54) is 18.1 Å². The predicted octanol–water partition coefficient (Wildman–Crippen LogP) is 3.84. The highest BCUT2D eigenvalue weighted by atomic mass is 16.5. The number of nitrogens with one attached hydrogen (secondary N) is 2. The van der Waals surface area contributed by atoms with Crippen LogP contribution in [0.15, 0.2) is 36.4 Å². The molecule has 26 heavy (non-hydrogen) atoms. The predicted molar refractivity (Wildman–Crippen MR) is 103 cm³/mol. The lowest BCUT2D eigenvalue weighted by Gasteiger charge is -2.25. The first-order chi connectivity index (χ1) is 12.3. The smallest absolute Gasteiger partial charge is 0.185 e. The number of hydrogen-bond donors (Lipinski definition) is 3. The second kappa shape index (κ2) is 7.82. The molecule has 0 bridgehead atoms. The summed E-state index contributed by atoms with van der Waals surface area (Å²) in [5.74, 6) is -0.0583. The van der Waals surface area contributed by atoms with Crippen molar-refractivity contribution in [2.24, 2.45) is 0 Å². The second-order valence-corrected chi connectivity index (χ2v) is 6.29. The fourth-order valence-electron chi connectivity index (χ4n) is 2.66. The van der Waals surface area contributed by atoms with E-state index in [4.69, 9.17) is 15.6 Å². The number of amidine groups is 2. The van der Waals surface area contributed by atoms with Crippen molar-refractivity contribution in [1.29, 1.82) is 10.8 Å². The number of ether oxygens (including phenoxy) is 1. The van der Waals surface area contributed by atoms with Gasteiger partial charge in [-0.2, -0.15) is 0 Å². The Morgan fingerprint density at radius 2 is 1.81 bits per heavy atom. The van der Waals surface area contributed by atoms with Gasteiger partial charge in [-0.1, -0.05) is 31.5 Å². The summed E-state index contributed by atoms with van der Waals surface area (Å²) < 4.78 is 5.31. The summed E-state index contributed by atoms with van der Waals surface area (Å²) in [5, 5.41) is 26.9. The van der Waals surface area contributed by atoms with Gasteiger partial charge in [0.25, 0.3) is 0 Å². The van der Waals surface area contributed by atoms with Crippen LogP contribution in [0.5, 0.6) is 11.5 Å². The van der Waals surface area contributed by atoms with Gasteiger partial charge >= 0.3 is 0 Å². The summed E-state index contributed by atoms with van der Waals surface area (Å²) in [6, 6.07) is 10.2. The molecule has 0 amide bonds. The summed E-state index contributed by atoms with van der Waals surface area (Å²) in [4.78, 5) is 12.4. The number of carbonyl (C=O) groups is 1. The van der Waals surface area contributed by atoms with Crippen molar-refractivity contribution in [3.8, 4) is 11.5 Å². The second-order valence-electron chi connectivity index (χ2n) is 6.29. The fourth-order valence-corrected chi connectivity index (χ4v) is 2.66. The molecule has 0 unspecified atom stereocenters. The highest BCUT2D eigenvalue weighted by molar-refractivity contribution is 6.41. The minimum atomic E-state index is -0.389. The number of anilines is 1. The number of aryl methyl sites for hydroxylation is 1. The van der Waals surface area contributed by atoms with Gasteiger partial charge in [0.05, 0.1) is 12.7 Å². The Balaban J connectivity index is 2.58. The lowest BCUT2D eigenvalue weighted by Crippen LogP contribution is -2.37. The molecule has 0 atom stereocenters. The first-order valence-corrected chi connectivity index (χ1v) is 8.20. The molecule has 0 radical (unpaired) electrons. The zero-order valence-corrected chi connectivity index (χ0v) is 15.3. The maximum Gasteiger partial charge on any atom is 0.185 e. The van der Waals surface area contributed by atoms with Crippen molar-refractivity contribution in [3.05, 3.63) is 53.1 Å². The Labute approximate surface area is 153 Å². The number of nitrogens with zero attached hydrogens (tertiary/aromatic N) is 1. The Bertz CT molecular complexity index is 842. The number of aromatic hydroxyl groups is 1. The van der Waals surface area contributed by atoms with Crippen LogP contribution in [0, 0.1) is 17.7 Å². The normalized spacial score (nSPS) is 10.5. The molecule has 2 rings (SSSR count). The van der Waals surface area contributed by atoms with E-state index in [-0.39, 0.29) is 28.9 Å². The number of benzene rings is 2. The topological polar surface area (TPSA) is 97.5 Å². The average molecular weight is 353 g/mol. The van der Waals surface area contributed by atoms with Crippen LogP contribution in [0.25, 0.3) is 0 Å². The standard InChI is InChI=1S/C20H23N3O3/c1-12(2)15-9-16(17(25)10-18(15)26-4)20(22)23(19(21)11-24)14-7-5-13(3)6-8-14/h5-12,21-22,25H,1-4H3. The zero-order chi connectivity index (χ0) is 19.4. The number of phenolic OH excluding ortho intramolecular Hbond substituents is 1. The minimum absolute atomic E-state index is 0.107. The third-order valence-corrected chi connectivity index (χ3v) is 4.09. The first-order valence-electron chi connectivity index (χ1n) is 8.20. The molecular formula is C20H23N3O3. The summed E-state index contributed by atoms with van der Waals surface area (Å²) in [6.07, 6.45) is 0.373. The van der Waals surface area contributed by atoms with Crippen molar-refractivity contribution in [3.63, 3.8) is 0 Å². The van der Waals surface area contributed by atoms with Crippen molar-refractivity contribution in [2.75, 3.05) is 12.0 Å². The molecular weight excluding hydrogens is 330 g/mol. The van der Waals surface area contributed by atoms with Gasteiger partial charge in [0, 0.05) is 11.8 Å². The summed E-state index contributed by atoms with van der Waals surface area (Å²) in [5.41, 5.74) is 2.57. The molecule has 0 aromatic heterocycles. The van der Waals surface area contributed by atoms with Crippen LogP contribution in [0.1, 0.15) is 36.5 Å². The van der Waals surface area contributed by atoms with E-state index in [0.717, 1.165) is 11.1 Å². The van der Waals surface area contributed by atoms with Crippen molar-refractivity contribution in [1.82, 2.24) is 0 Å². The molecule has 0 aliphatic heterocycles. The number of methoxy groups -OCH3 is 1. The quantitative estimate of drug-likeness (QED) is 0.432. The number of aldehydes is 1. The van der Waals surface area contributed by atoms with Crippen LogP contribution in [0.2, 0.25) is 0 Å². The molecule has 0 saturated carbocycles. The van der Waals surface area contributed by atoms with E-state index in [9.17, 15) is 9.90 Å². The lowest BCUT2D eigenvalue weighted by atomic mass is 9.98. The van der Waals surface area contributed by atoms with E-state index in [0.29, 0.717) is 17.7 Å². The molecule has 3 N–H and O–H groups in total. The summed E-state index contributed by atoms with van der Waals surface area (Å²) in [7, 11) is 1.52. The van der Waals surface area contributed by atoms with Gasteiger partial charge in [0.2, 0.25) is 0 Å². The van der Waals surface area contributed by atoms with Gasteiger partial charge in [-0.05, 0) is 36.6 Å². The molecule has 0 aliphatic rings. The van der Waals surface area contributed by atoms with E-state index in [1.54, 1.807) is 18.2 Å². The third kappa shape index (κ3) is 3.74. The van der Waals surface area contributed by atoms with Gasteiger partial charge < -0.3 is 9.84 Å². The van der Waals surface area contributed by atoms with Crippen LogP contribution < -0.4 is 9.64 Å². The largest absolute Gasteiger partial charge is 0.507 e. The maximum atomic E-state index is 11.2. The fraction of sp³-hybridized carbons (Fsp3) is 0.250. The Kier molecular flexibility index (Phi) is 5.77. The van der Waals surface area contributed by atoms with E-state index in [2.05, 4.69) is 0 Å². The summed E-state index contributed by atoms with van der Waals surface area (Å²) in [6.45, 7) is 5.88. The van der Waals surface area contributed by atoms with Gasteiger partial charge in [-0.3, -0.25) is 20.5 Å². The van der Waals surface area contributed by atoms with E-state index >= 15 is 0 Å². The number of rotatable bonds is 5. The molecule has 0 aliphatic carbocycles. The van der Waals surface area contributed by atoms with Gasteiger partial charge in [0.1, 0.15) is 17.3 Å². The van der Waals surface area contributed by atoms with Crippen LogP contribution >= 0.6 is 0 Å². The van der Waals surface area contributed by atoms with Gasteiger partial charge in [-0.25, -0.2) is 0 Å². The molecule has 136 valence electrons. The van der Waals surface area contributed by atoms with Crippen LogP contribution in [0.4, 0.5) is 5.69 Å². The molecule has 2 aromatic rings. The third-order valence-electron chi connectivity index (χ3n) is 4.09. The molecule has 0 spiro atoms. The molecule has 6 heteroatoms. The van der Waals surface area contributed by atoms with Crippen LogP contribution in [-0.4, -0.2) is 30.2 Å². The monoisotopic (exact) mass is 353 g/mol. The Morgan fingerprint density at radius 1 is 1.19 bits per heavy atom. The average Bonchev–Trinajstić information content (AvgIpc) is 2.62. The maximum absolute atomic E-state index is 11.2. The molecule has 0 saturated heterocycles. The van der Waals surface area contributed by atoms with Crippen LogP contribution in [-0.2, 0) is 4.79 Å². The van der Waals surface area contributed by atoms with E-state index < -0.39 is 0 Å². The number of carbonyl (C=O) groups excluding carboxylic acids is 1. The Hall–Kier alpha value is -3.15. The highest BCUT2D eigenvalue weighted by Gasteiger charge is 2.23. The van der Waals surface area contributed by atoms with Gasteiger partial charge in [0.15, 0.2) is 12.1 Å². The number of phenols is 1. The van der Waals surface area contributed by atoms with Crippen molar-refractivity contribution in [2.45, 2.75) is 26.7 Å². The molecule has 2 aromatic carbocycles. The van der Waals surface area contributed by atoms with Gasteiger partial charge in [-0.15, -0.1) is 0 Å². The van der Waals surface area contributed by atoms with Crippen molar-refractivity contribution >= 4 is 23.6 Å². The number of hydrogen-bond acceptors (Lipinski definition) is 5. The summed E-state index contributed by atoms with van der Waals surface area (Å²) >= 11 is 0. The lowest BCUT2D eigenvalue weighted by molar-refractivity contribution is -0.102.